The number of hydrazone groups is 1. The van der Waals surface area contributed by atoms with E-state index in [-0.39, 0.29) is 19.3 Å². The number of carbonyl (C=O) groups excluding carboxylic acids is 1. The highest BCUT2D eigenvalue weighted by Crippen LogP contribution is 2.34. The fraction of sp³-hybridized carbons (Fsp3) is 0.176. The van der Waals surface area contributed by atoms with Crippen LogP contribution in [-0.2, 0) is 4.79 Å². The number of benzene rings is 2. The van der Waals surface area contributed by atoms with Crippen LogP contribution in [0.5, 0.6) is 17.2 Å². The molecule has 0 aliphatic carbocycles. The minimum absolute atomic E-state index is 0.134. The van der Waals surface area contributed by atoms with Gasteiger partial charge in [0.1, 0.15) is 5.75 Å². The van der Waals surface area contributed by atoms with Gasteiger partial charge in [-0.1, -0.05) is 29.8 Å². The van der Waals surface area contributed by atoms with Crippen molar-refractivity contribution in [1.82, 2.24) is 5.43 Å². The van der Waals surface area contributed by atoms with Gasteiger partial charge in [0.2, 0.25) is 6.79 Å². The standard InChI is InChI=1S/C17H16N2O4/c1-12-2-4-13(5-3-12)9-18-19-17(20)10-21-14-6-7-15-16(8-14)23-11-22-15/h2-9H,10-11H2,1H3,(H,19,20). The Kier molecular flexibility index (Phi) is 4.42. The van der Waals surface area contributed by atoms with Gasteiger partial charge in [-0.05, 0) is 24.6 Å². The average molecular weight is 312 g/mol. The van der Waals surface area contributed by atoms with Crippen molar-refractivity contribution < 1.29 is 19.0 Å². The number of carbonyl (C=O) groups is 1. The number of hydrogen-bond donors (Lipinski definition) is 1. The molecule has 6 nitrogen and oxygen atoms in total. The lowest BCUT2D eigenvalue weighted by molar-refractivity contribution is -0.123. The van der Waals surface area contributed by atoms with Crippen LogP contribution in [0, 0.1) is 6.92 Å². The molecule has 0 bridgehead atoms. The van der Waals surface area contributed by atoms with Crippen LogP contribution in [0.4, 0.5) is 0 Å². The van der Waals surface area contributed by atoms with E-state index in [0.717, 1.165) is 5.56 Å². The zero-order valence-corrected chi connectivity index (χ0v) is 12.6. The van der Waals surface area contributed by atoms with Crippen LogP contribution in [0.25, 0.3) is 0 Å². The minimum atomic E-state index is -0.342. The number of nitrogens with one attached hydrogen (secondary N) is 1. The normalized spacial score (nSPS) is 12.4. The maximum absolute atomic E-state index is 11.7. The van der Waals surface area contributed by atoms with E-state index in [4.69, 9.17) is 14.2 Å². The second-order valence-corrected chi connectivity index (χ2v) is 5.01. The van der Waals surface area contributed by atoms with E-state index in [0.29, 0.717) is 17.2 Å². The summed E-state index contributed by atoms with van der Waals surface area (Å²) in [7, 11) is 0. The summed E-state index contributed by atoms with van der Waals surface area (Å²) >= 11 is 0. The second kappa shape index (κ2) is 6.83. The molecule has 3 rings (SSSR count). The number of ether oxygens (including phenoxy) is 3. The molecule has 1 amide bonds. The molecule has 0 fully saturated rings. The Bertz CT molecular complexity index is 726. The predicted molar refractivity (Wildman–Crippen MR) is 85.0 cm³/mol. The maximum Gasteiger partial charge on any atom is 0.277 e. The molecule has 23 heavy (non-hydrogen) atoms. The summed E-state index contributed by atoms with van der Waals surface area (Å²) in [6.45, 7) is 2.08. The second-order valence-electron chi connectivity index (χ2n) is 5.01. The fourth-order valence-corrected chi connectivity index (χ4v) is 1.98. The van der Waals surface area contributed by atoms with Crippen LogP contribution in [0.2, 0.25) is 0 Å². The number of rotatable bonds is 5. The van der Waals surface area contributed by atoms with Crippen molar-refractivity contribution in [3.05, 3.63) is 53.6 Å². The van der Waals surface area contributed by atoms with Gasteiger partial charge in [0, 0.05) is 6.07 Å². The van der Waals surface area contributed by atoms with Crippen molar-refractivity contribution in [2.75, 3.05) is 13.4 Å². The largest absolute Gasteiger partial charge is 0.484 e. The quantitative estimate of drug-likeness (QED) is 0.679. The molecule has 1 N–H and O–H groups in total. The van der Waals surface area contributed by atoms with Crippen molar-refractivity contribution >= 4 is 12.1 Å². The number of amides is 1. The molecule has 0 atom stereocenters. The Balaban J connectivity index is 1.47. The SMILES string of the molecule is Cc1ccc(C=NNC(=O)COc2ccc3c(c2)OCO3)cc1. The number of aryl methyl sites for hydroxylation is 1. The van der Waals surface area contributed by atoms with E-state index in [2.05, 4.69) is 10.5 Å². The molecule has 0 unspecified atom stereocenters. The maximum atomic E-state index is 11.7. The monoisotopic (exact) mass is 312 g/mol. The van der Waals surface area contributed by atoms with Gasteiger partial charge in [-0.15, -0.1) is 0 Å². The van der Waals surface area contributed by atoms with Crippen LogP contribution < -0.4 is 19.6 Å². The van der Waals surface area contributed by atoms with Gasteiger partial charge in [-0.2, -0.15) is 5.10 Å². The van der Waals surface area contributed by atoms with Gasteiger partial charge in [0.25, 0.3) is 5.91 Å². The Hall–Kier alpha value is -3.02. The van der Waals surface area contributed by atoms with Crippen molar-refractivity contribution in [2.45, 2.75) is 6.92 Å². The molecule has 0 saturated heterocycles. The van der Waals surface area contributed by atoms with Crippen molar-refractivity contribution in [3.63, 3.8) is 0 Å². The molecule has 2 aromatic carbocycles. The van der Waals surface area contributed by atoms with Crippen molar-refractivity contribution in [2.24, 2.45) is 5.10 Å². The van der Waals surface area contributed by atoms with Crippen molar-refractivity contribution in [3.8, 4) is 17.2 Å². The lowest BCUT2D eigenvalue weighted by atomic mass is 10.2. The molecule has 1 aliphatic heterocycles. The first-order chi connectivity index (χ1) is 11.2. The zero-order chi connectivity index (χ0) is 16.1. The molecule has 0 aromatic heterocycles. The van der Waals surface area contributed by atoms with Gasteiger partial charge < -0.3 is 14.2 Å². The van der Waals surface area contributed by atoms with E-state index >= 15 is 0 Å². The van der Waals surface area contributed by atoms with Gasteiger partial charge in [-0.3, -0.25) is 4.79 Å². The van der Waals surface area contributed by atoms with E-state index in [1.807, 2.05) is 31.2 Å². The topological polar surface area (TPSA) is 69.2 Å². The van der Waals surface area contributed by atoms with Gasteiger partial charge >= 0.3 is 0 Å². The summed E-state index contributed by atoms with van der Waals surface area (Å²) in [4.78, 5) is 11.7. The number of fused-ring (bicyclic) bond motifs is 1. The summed E-state index contributed by atoms with van der Waals surface area (Å²) in [5.41, 5.74) is 4.50. The Labute approximate surface area is 133 Å². The highest BCUT2D eigenvalue weighted by atomic mass is 16.7. The van der Waals surface area contributed by atoms with Crippen molar-refractivity contribution in [1.29, 1.82) is 0 Å². The van der Waals surface area contributed by atoms with Crippen LogP contribution in [0.15, 0.2) is 47.6 Å². The molecule has 2 aromatic rings. The minimum Gasteiger partial charge on any atom is -0.484 e. The highest BCUT2D eigenvalue weighted by molar-refractivity contribution is 5.82. The first kappa shape index (κ1) is 14.9. The molecule has 6 heteroatoms. The molecule has 1 heterocycles. The molecule has 1 aliphatic rings. The van der Waals surface area contributed by atoms with Crippen LogP contribution >= 0.6 is 0 Å². The molecule has 118 valence electrons. The van der Waals surface area contributed by atoms with E-state index < -0.39 is 0 Å². The van der Waals surface area contributed by atoms with Crippen LogP contribution in [-0.4, -0.2) is 25.5 Å². The first-order valence-corrected chi connectivity index (χ1v) is 7.12. The average Bonchev–Trinajstić information content (AvgIpc) is 3.02. The Morgan fingerprint density at radius 2 is 2.00 bits per heavy atom. The lowest BCUT2D eigenvalue weighted by Gasteiger charge is -2.05. The third-order valence-electron chi connectivity index (χ3n) is 3.19. The molecule has 0 radical (unpaired) electrons. The van der Waals surface area contributed by atoms with E-state index in [1.165, 1.54) is 5.56 Å². The van der Waals surface area contributed by atoms with Gasteiger partial charge in [-0.25, -0.2) is 5.43 Å². The molecule has 0 spiro atoms. The van der Waals surface area contributed by atoms with Crippen LogP contribution in [0.3, 0.4) is 0 Å². The highest BCUT2D eigenvalue weighted by Gasteiger charge is 2.14. The molecule has 0 saturated carbocycles. The Morgan fingerprint density at radius 3 is 2.83 bits per heavy atom. The summed E-state index contributed by atoms with van der Waals surface area (Å²) in [6, 6.07) is 13.0. The number of hydrogen-bond acceptors (Lipinski definition) is 5. The summed E-state index contributed by atoms with van der Waals surface area (Å²) in [5, 5.41) is 3.89. The first-order valence-electron chi connectivity index (χ1n) is 7.12. The Morgan fingerprint density at radius 1 is 1.22 bits per heavy atom. The smallest absolute Gasteiger partial charge is 0.277 e. The van der Waals surface area contributed by atoms with E-state index in [1.54, 1.807) is 24.4 Å². The van der Waals surface area contributed by atoms with Gasteiger partial charge in [0.05, 0.1) is 6.21 Å². The molecular weight excluding hydrogens is 296 g/mol. The van der Waals surface area contributed by atoms with Gasteiger partial charge in [0.15, 0.2) is 18.1 Å². The summed E-state index contributed by atoms with van der Waals surface area (Å²) < 4.78 is 15.8. The van der Waals surface area contributed by atoms with Crippen LogP contribution in [0.1, 0.15) is 11.1 Å². The predicted octanol–water partition coefficient (Wildman–Crippen LogP) is 2.25. The summed E-state index contributed by atoms with van der Waals surface area (Å²) in [6.07, 6.45) is 1.58. The third kappa shape index (κ3) is 4.00. The fourth-order valence-electron chi connectivity index (χ4n) is 1.98. The zero-order valence-electron chi connectivity index (χ0n) is 12.6. The summed E-state index contributed by atoms with van der Waals surface area (Å²) in [5.74, 6) is 1.47. The lowest BCUT2D eigenvalue weighted by Crippen LogP contribution is -2.24. The third-order valence-corrected chi connectivity index (χ3v) is 3.19. The molecular formula is C17H16N2O4. The number of nitrogens with zero attached hydrogens (tertiary/aromatic N) is 1. The van der Waals surface area contributed by atoms with E-state index in [9.17, 15) is 4.79 Å².